The van der Waals surface area contributed by atoms with Gasteiger partial charge >= 0.3 is 0 Å². The van der Waals surface area contributed by atoms with Gasteiger partial charge in [0, 0.05) is 43.7 Å². The van der Waals surface area contributed by atoms with E-state index in [1.165, 1.54) is 5.56 Å². The van der Waals surface area contributed by atoms with Crippen molar-refractivity contribution in [2.75, 3.05) is 33.0 Å². The SMILES string of the molecule is O=C(c1cc(-c2ccccc2)nc2ccccc12)N1CCN(Cc2ccc3c(c2)OCO3)CC1. The number of fused-ring (bicyclic) bond motifs is 2. The van der Waals surface area contributed by atoms with Crippen LogP contribution in [0.1, 0.15) is 15.9 Å². The molecule has 0 spiro atoms. The number of carbonyl (C=O) groups excluding carboxylic acids is 1. The fourth-order valence-corrected chi connectivity index (χ4v) is 4.69. The predicted octanol–water partition coefficient (Wildman–Crippen LogP) is 4.59. The Morgan fingerprint density at radius 1 is 0.824 bits per heavy atom. The van der Waals surface area contributed by atoms with E-state index in [-0.39, 0.29) is 12.7 Å². The molecule has 2 aliphatic rings. The van der Waals surface area contributed by atoms with Crippen molar-refractivity contribution >= 4 is 16.8 Å². The van der Waals surface area contributed by atoms with E-state index in [0.29, 0.717) is 18.7 Å². The molecule has 0 aliphatic carbocycles. The fraction of sp³-hybridized carbons (Fsp3) is 0.214. The molecule has 6 heteroatoms. The number of ether oxygens (including phenoxy) is 2. The third kappa shape index (κ3) is 3.97. The Balaban J connectivity index is 1.20. The van der Waals surface area contributed by atoms with Gasteiger partial charge in [0.05, 0.1) is 16.8 Å². The van der Waals surface area contributed by atoms with Crippen LogP contribution in [-0.2, 0) is 6.54 Å². The van der Waals surface area contributed by atoms with E-state index in [2.05, 4.69) is 11.0 Å². The summed E-state index contributed by atoms with van der Waals surface area (Å²) in [5, 5.41) is 0.898. The highest BCUT2D eigenvalue weighted by molar-refractivity contribution is 6.07. The van der Waals surface area contributed by atoms with Gasteiger partial charge < -0.3 is 14.4 Å². The molecule has 0 radical (unpaired) electrons. The molecule has 0 saturated carbocycles. The van der Waals surface area contributed by atoms with E-state index in [0.717, 1.165) is 53.3 Å². The van der Waals surface area contributed by atoms with Crippen LogP contribution in [0, 0.1) is 0 Å². The number of nitrogens with zero attached hydrogens (tertiary/aromatic N) is 3. The van der Waals surface area contributed by atoms with Gasteiger partial charge in [0.25, 0.3) is 5.91 Å². The lowest BCUT2D eigenvalue weighted by molar-refractivity contribution is 0.0630. The molecule has 0 bridgehead atoms. The van der Waals surface area contributed by atoms with Crippen molar-refractivity contribution < 1.29 is 14.3 Å². The number of para-hydroxylation sites is 1. The van der Waals surface area contributed by atoms with Crippen LogP contribution in [0.5, 0.6) is 11.5 Å². The highest BCUT2D eigenvalue weighted by Crippen LogP contribution is 2.33. The number of hydrogen-bond acceptors (Lipinski definition) is 5. The second-order valence-corrected chi connectivity index (χ2v) is 8.69. The van der Waals surface area contributed by atoms with Gasteiger partial charge in [-0.05, 0) is 29.8 Å². The molecule has 4 aromatic rings. The Morgan fingerprint density at radius 3 is 2.44 bits per heavy atom. The average Bonchev–Trinajstić information content (AvgIpc) is 3.37. The summed E-state index contributed by atoms with van der Waals surface area (Å²) >= 11 is 0. The summed E-state index contributed by atoms with van der Waals surface area (Å²) in [5.41, 5.74) is 4.58. The van der Waals surface area contributed by atoms with Crippen LogP contribution < -0.4 is 9.47 Å². The lowest BCUT2D eigenvalue weighted by atomic mass is 10.0. The van der Waals surface area contributed by atoms with Crippen LogP contribution in [0.2, 0.25) is 0 Å². The van der Waals surface area contributed by atoms with E-state index < -0.39 is 0 Å². The molecule has 2 aliphatic heterocycles. The summed E-state index contributed by atoms with van der Waals surface area (Å²) in [4.78, 5) is 22.8. The molecule has 3 heterocycles. The van der Waals surface area contributed by atoms with Crippen molar-refractivity contribution in [1.29, 1.82) is 0 Å². The number of aromatic nitrogens is 1. The number of piperazine rings is 1. The molecule has 0 atom stereocenters. The zero-order valence-corrected chi connectivity index (χ0v) is 18.8. The zero-order chi connectivity index (χ0) is 22.9. The van der Waals surface area contributed by atoms with Gasteiger partial charge in [-0.25, -0.2) is 4.98 Å². The third-order valence-electron chi connectivity index (χ3n) is 6.52. The molecule has 3 aromatic carbocycles. The number of carbonyl (C=O) groups is 1. The maximum Gasteiger partial charge on any atom is 0.254 e. The van der Waals surface area contributed by atoms with E-state index in [4.69, 9.17) is 14.5 Å². The first-order valence-electron chi connectivity index (χ1n) is 11.6. The quantitative estimate of drug-likeness (QED) is 0.454. The van der Waals surface area contributed by atoms with Gasteiger partial charge in [-0.3, -0.25) is 9.69 Å². The number of amides is 1. The van der Waals surface area contributed by atoms with Gasteiger partial charge in [0.15, 0.2) is 11.5 Å². The van der Waals surface area contributed by atoms with Gasteiger partial charge in [-0.1, -0.05) is 54.6 Å². The lowest BCUT2D eigenvalue weighted by Crippen LogP contribution is -2.48. The smallest absolute Gasteiger partial charge is 0.254 e. The zero-order valence-electron chi connectivity index (χ0n) is 18.8. The van der Waals surface area contributed by atoms with Crippen LogP contribution in [0.25, 0.3) is 22.2 Å². The normalized spacial score (nSPS) is 15.6. The number of hydrogen-bond donors (Lipinski definition) is 0. The minimum absolute atomic E-state index is 0.0681. The molecule has 1 aromatic heterocycles. The van der Waals surface area contributed by atoms with E-state index in [1.54, 1.807) is 0 Å². The Kier molecular flexibility index (Phi) is 5.35. The fourth-order valence-electron chi connectivity index (χ4n) is 4.69. The monoisotopic (exact) mass is 451 g/mol. The highest BCUT2D eigenvalue weighted by atomic mass is 16.7. The topological polar surface area (TPSA) is 54.9 Å². The largest absolute Gasteiger partial charge is 0.454 e. The molecular formula is C28H25N3O3. The Bertz CT molecular complexity index is 1350. The highest BCUT2D eigenvalue weighted by Gasteiger charge is 2.25. The number of rotatable bonds is 4. The molecule has 1 fully saturated rings. The maximum absolute atomic E-state index is 13.6. The number of benzene rings is 3. The summed E-state index contributed by atoms with van der Waals surface area (Å²) in [7, 11) is 0. The summed E-state index contributed by atoms with van der Waals surface area (Å²) in [6, 6.07) is 26.0. The van der Waals surface area contributed by atoms with Crippen molar-refractivity contribution in [3.8, 4) is 22.8 Å². The van der Waals surface area contributed by atoms with Crippen LogP contribution in [0.15, 0.2) is 78.9 Å². The second kappa shape index (κ2) is 8.80. The van der Waals surface area contributed by atoms with Gasteiger partial charge in [-0.2, -0.15) is 0 Å². The first-order valence-corrected chi connectivity index (χ1v) is 11.6. The molecule has 1 amide bonds. The number of pyridine rings is 1. The van der Waals surface area contributed by atoms with E-state index >= 15 is 0 Å². The van der Waals surface area contributed by atoms with Crippen LogP contribution in [0.4, 0.5) is 0 Å². The summed E-state index contributed by atoms with van der Waals surface area (Å²) < 4.78 is 10.9. The average molecular weight is 452 g/mol. The Labute approximate surface area is 198 Å². The van der Waals surface area contributed by atoms with Crippen molar-refractivity contribution in [2.24, 2.45) is 0 Å². The van der Waals surface area contributed by atoms with Crippen LogP contribution in [0.3, 0.4) is 0 Å². The van der Waals surface area contributed by atoms with Crippen molar-refractivity contribution in [3.63, 3.8) is 0 Å². The standard InChI is InChI=1S/C28H25N3O3/c32-28(23-17-25(21-6-2-1-3-7-21)29-24-9-5-4-8-22(23)24)31-14-12-30(13-15-31)18-20-10-11-26-27(16-20)34-19-33-26/h1-11,16-17H,12-15,18-19H2. The molecule has 6 nitrogen and oxygen atoms in total. The van der Waals surface area contributed by atoms with Crippen molar-refractivity contribution in [3.05, 3.63) is 90.0 Å². The van der Waals surface area contributed by atoms with E-state index in [1.807, 2.05) is 77.7 Å². The van der Waals surface area contributed by atoms with Gasteiger partial charge in [0.1, 0.15) is 0 Å². The second-order valence-electron chi connectivity index (χ2n) is 8.69. The predicted molar refractivity (Wildman–Crippen MR) is 131 cm³/mol. The lowest BCUT2D eigenvalue weighted by Gasteiger charge is -2.35. The molecule has 0 unspecified atom stereocenters. The molecule has 34 heavy (non-hydrogen) atoms. The Morgan fingerprint density at radius 2 is 1.59 bits per heavy atom. The minimum Gasteiger partial charge on any atom is -0.454 e. The van der Waals surface area contributed by atoms with Crippen molar-refractivity contribution in [2.45, 2.75) is 6.54 Å². The maximum atomic E-state index is 13.6. The van der Waals surface area contributed by atoms with Crippen LogP contribution in [-0.4, -0.2) is 53.7 Å². The molecule has 0 N–H and O–H groups in total. The first kappa shape index (κ1) is 20.7. The van der Waals surface area contributed by atoms with Gasteiger partial charge in [0.2, 0.25) is 6.79 Å². The molecule has 170 valence electrons. The Hall–Kier alpha value is -3.90. The molecule has 1 saturated heterocycles. The third-order valence-corrected chi connectivity index (χ3v) is 6.52. The molecule has 6 rings (SSSR count). The van der Waals surface area contributed by atoms with Crippen LogP contribution >= 0.6 is 0 Å². The summed E-state index contributed by atoms with van der Waals surface area (Å²) in [6.45, 7) is 4.16. The van der Waals surface area contributed by atoms with Gasteiger partial charge in [-0.15, -0.1) is 0 Å². The molecular weight excluding hydrogens is 426 g/mol. The summed E-state index contributed by atoms with van der Waals surface area (Å²) in [6.07, 6.45) is 0. The first-order chi connectivity index (χ1) is 16.7. The van der Waals surface area contributed by atoms with E-state index in [9.17, 15) is 4.79 Å². The van der Waals surface area contributed by atoms with Crippen molar-refractivity contribution in [1.82, 2.24) is 14.8 Å². The minimum atomic E-state index is 0.0681. The summed E-state index contributed by atoms with van der Waals surface area (Å²) in [5.74, 6) is 1.68.